The number of thiophene rings is 1. The topological polar surface area (TPSA) is 78.5 Å². The highest BCUT2D eigenvalue weighted by Gasteiger charge is 2.26. The molecule has 4 rings (SSSR count). The molecule has 0 saturated carbocycles. The van der Waals surface area contributed by atoms with Gasteiger partial charge in [0.05, 0.1) is 17.0 Å². The molecule has 0 spiro atoms. The molecule has 2 atom stereocenters. The Balaban J connectivity index is 1.42. The van der Waals surface area contributed by atoms with Crippen LogP contribution in [0.2, 0.25) is 0 Å². The predicted molar refractivity (Wildman–Crippen MR) is 133 cm³/mol. The average Bonchev–Trinajstić information content (AvgIpc) is 3.38. The van der Waals surface area contributed by atoms with Crippen molar-refractivity contribution in [3.63, 3.8) is 0 Å². The monoisotopic (exact) mass is 483 g/mol. The van der Waals surface area contributed by atoms with Gasteiger partial charge in [-0.15, -0.1) is 11.3 Å². The van der Waals surface area contributed by atoms with Gasteiger partial charge in [-0.3, -0.25) is 10.1 Å². The maximum atomic E-state index is 12.9. The predicted octanol–water partition coefficient (Wildman–Crippen LogP) is 4.63. The first-order chi connectivity index (χ1) is 15.9. The van der Waals surface area contributed by atoms with Gasteiger partial charge in [0.1, 0.15) is 0 Å². The zero-order valence-corrected chi connectivity index (χ0v) is 20.2. The minimum absolute atomic E-state index is 0.0935. The lowest BCUT2D eigenvalue weighted by atomic mass is 10.0. The molecule has 1 aliphatic heterocycles. The number of nitrogens with zero attached hydrogens (tertiary/aromatic N) is 1. The van der Waals surface area contributed by atoms with Crippen molar-refractivity contribution in [1.29, 1.82) is 0 Å². The minimum Gasteiger partial charge on any atom is -0.325 e. The number of rotatable bonds is 8. The van der Waals surface area contributed by atoms with Gasteiger partial charge in [0.2, 0.25) is 15.9 Å². The van der Waals surface area contributed by atoms with Crippen molar-refractivity contribution >= 4 is 33.0 Å². The summed E-state index contributed by atoms with van der Waals surface area (Å²) >= 11 is 1.64. The Labute approximate surface area is 199 Å². The minimum atomic E-state index is -3.49. The fourth-order valence-electron chi connectivity index (χ4n) is 3.98. The summed E-state index contributed by atoms with van der Waals surface area (Å²) in [5.41, 5.74) is 1.66. The van der Waals surface area contributed by atoms with Crippen molar-refractivity contribution in [2.75, 3.05) is 18.4 Å². The number of piperidine rings is 1. The van der Waals surface area contributed by atoms with E-state index in [0.717, 1.165) is 29.7 Å². The quantitative estimate of drug-likeness (QED) is 0.490. The van der Waals surface area contributed by atoms with Crippen molar-refractivity contribution in [3.05, 3.63) is 82.6 Å². The first kappa shape index (κ1) is 23.6. The Hall–Kier alpha value is -2.52. The Morgan fingerprint density at radius 1 is 0.939 bits per heavy atom. The lowest BCUT2D eigenvalue weighted by Gasteiger charge is -2.26. The van der Waals surface area contributed by atoms with Crippen LogP contribution in [0, 0.1) is 0 Å². The van der Waals surface area contributed by atoms with E-state index in [1.807, 2.05) is 48.7 Å². The normalized spacial score (nSPS) is 16.8. The summed E-state index contributed by atoms with van der Waals surface area (Å²) in [6, 6.07) is 20.0. The van der Waals surface area contributed by atoms with E-state index in [-0.39, 0.29) is 16.8 Å². The van der Waals surface area contributed by atoms with Gasteiger partial charge in [-0.2, -0.15) is 4.31 Å². The Kier molecular flexibility index (Phi) is 7.60. The van der Waals surface area contributed by atoms with Gasteiger partial charge in [0.25, 0.3) is 0 Å². The van der Waals surface area contributed by atoms with Gasteiger partial charge in [-0.25, -0.2) is 8.42 Å². The van der Waals surface area contributed by atoms with Crippen molar-refractivity contribution in [3.8, 4) is 0 Å². The van der Waals surface area contributed by atoms with E-state index in [1.165, 1.54) is 0 Å². The SMILES string of the molecule is C[C@H](N[C@H](c1ccccc1)c1cccs1)C(=O)Nc1ccc(S(=O)(=O)N2CCCCC2)cc1. The molecule has 0 radical (unpaired) electrons. The lowest BCUT2D eigenvalue weighted by molar-refractivity contribution is -0.117. The molecule has 174 valence electrons. The van der Waals surface area contributed by atoms with Crippen LogP contribution in [0.15, 0.2) is 77.0 Å². The second-order valence-electron chi connectivity index (χ2n) is 8.23. The molecule has 1 saturated heterocycles. The van der Waals surface area contributed by atoms with Crippen LogP contribution in [0.5, 0.6) is 0 Å². The summed E-state index contributed by atoms with van der Waals surface area (Å²) < 4.78 is 27.2. The molecule has 2 aromatic carbocycles. The van der Waals surface area contributed by atoms with E-state index in [2.05, 4.69) is 16.7 Å². The van der Waals surface area contributed by atoms with Gasteiger partial charge < -0.3 is 5.32 Å². The largest absolute Gasteiger partial charge is 0.325 e. The number of hydrogen-bond acceptors (Lipinski definition) is 5. The number of amides is 1. The third kappa shape index (κ3) is 5.70. The maximum Gasteiger partial charge on any atom is 0.243 e. The highest BCUT2D eigenvalue weighted by molar-refractivity contribution is 7.89. The van der Waals surface area contributed by atoms with Gasteiger partial charge in [0.15, 0.2) is 0 Å². The fourth-order valence-corrected chi connectivity index (χ4v) is 6.31. The fraction of sp³-hybridized carbons (Fsp3) is 0.320. The van der Waals surface area contributed by atoms with Crippen molar-refractivity contribution in [2.45, 2.75) is 43.2 Å². The third-order valence-electron chi connectivity index (χ3n) is 5.85. The molecular weight excluding hydrogens is 454 g/mol. The lowest BCUT2D eigenvalue weighted by Crippen LogP contribution is -2.40. The molecule has 0 unspecified atom stereocenters. The number of carbonyl (C=O) groups excluding carboxylic acids is 1. The number of carbonyl (C=O) groups is 1. The number of anilines is 1. The molecule has 1 aromatic heterocycles. The standard InChI is InChI=1S/C25H29N3O3S2/c1-19(26-24(23-11-8-18-32-23)20-9-4-2-5-10-20)25(29)27-21-12-14-22(15-13-21)33(30,31)28-16-6-3-7-17-28/h2,4-5,8-15,18-19,24,26H,3,6-7,16-17H2,1H3,(H,27,29)/t19-,24+/m0/s1. The molecule has 33 heavy (non-hydrogen) atoms. The molecule has 0 aliphatic carbocycles. The van der Waals surface area contributed by atoms with Crippen LogP contribution in [-0.4, -0.2) is 37.8 Å². The summed E-state index contributed by atoms with van der Waals surface area (Å²) in [4.78, 5) is 14.3. The maximum absolute atomic E-state index is 12.9. The number of hydrogen-bond donors (Lipinski definition) is 2. The molecule has 3 aromatic rings. The van der Waals surface area contributed by atoms with Crippen LogP contribution in [0.3, 0.4) is 0 Å². The Morgan fingerprint density at radius 3 is 2.27 bits per heavy atom. The van der Waals surface area contributed by atoms with Crippen LogP contribution in [0.1, 0.15) is 42.7 Å². The van der Waals surface area contributed by atoms with Crippen molar-refractivity contribution in [2.24, 2.45) is 0 Å². The molecule has 0 bridgehead atoms. The van der Waals surface area contributed by atoms with E-state index in [4.69, 9.17) is 0 Å². The zero-order valence-electron chi connectivity index (χ0n) is 18.6. The van der Waals surface area contributed by atoms with Gasteiger partial charge >= 0.3 is 0 Å². The Bertz CT molecular complexity index is 1140. The van der Waals surface area contributed by atoms with Crippen LogP contribution in [-0.2, 0) is 14.8 Å². The van der Waals surface area contributed by atoms with E-state index >= 15 is 0 Å². The number of nitrogens with one attached hydrogen (secondary N) is 2. The van der Waals surface area contributed by atoms with Gasteiger partial charge in [-0.1, -0.05) is 42.8 Å². The molecule has 2 heterocycles. The second-order valence-corrected chi connectivity index (χ2v) is 11.1. The van der Waals surface area contributed by atoms with Crippen LogP contribution in [0.25, 0.3) is 0 Å². The van der Waals surface area contributed by atoms with E-state index in [1.54, 1.807) is 39.9 Å². The summed E-state index contributed by atoms with van der Waals surface area (Å²) in [5, 5.41) is 8.35. The molecule has 1 amide bonds. The van der Waals surface area contributed by atoms with Crippen molar-refractivity contribution < 1.29 is 13.2 Å². The van der Waals surface area contributed by atoms with Crippen molar-refractivity contribution in [1.82, 2.24) is 9.62 Å². The highest BCUT2D eigenvalue weighted by atomic mass is 32.2. The molecule has 1 fully saturated rings. The summed E-state index contributed by atoms with van der Waals surface area (Å²) in [7, 11) is -3.49. The van der Waals surface area contributed by atoms with E-state index in [9.17, 15) is 13.2 Å². The Morgan fingerprint density at radius 2 is 1.64 bits per heavy atom. The second kappa shape index (κ2) is 10.6. The van der Waals surface area contributed by atoms with E-state index in [0.29, 0.717) is 18.8 Å². The smallest absolute Gasteiger partial charge is 0.243 e. The molecular formula is C25H29N3O3S2. The zero-order chi connectivity index (χ0) is 23.3. The van der Waals surface area contributed by atoms with Gasteiger partial charge in [0, 0.05) is 23.7 Å². The van der Waals surface area contributed by atoms with E-state index < -0.39 is 16.1 Å². The number of benzene rings is 2. The number of sulfonamides is 1. The molecule has 6 nitrogen and oxygen atoms in total. The summed E-state index contributed by atoms with van der Waals surface area (Å²) in [5.74, 6) is -0.181. The first-order valence-corrected chi connectivity index (χ1v) is 13.5. The van der Waals surface area contributed by atoms with Crippen LogP contribution < -0.4 is 10.6 Å². The highest BCUT2D eigenvalue weighted by Crippen LogP contribution is 2.27. The molecule has 2 N–H and O–H groups in total. The summed E-state index contributed by atoms with van der Waals surface area (Å²) in [6.07, 6.45) is 2.86. The first-order valence-electron chi connectivity index (χ1n) is 11.2. The molecule has 1 aliphatic rings. The van der Waals surface area contributed by atoms with Gasteiger partial charge in [-0.05, 0) is 61.0 Å². The molecule has 8 heteroatoms. The van der Waals surface area contributed by atoms with Crippen LogP contribution in [0.4, 0.5) is 5.69 Å². The third-order valence-corrected chi connectivity index (χ3v) is 8.70. The average molecular weight is 484 g/mol. The summed E-state index contributed by atoms with van der Waals surface area (Å²) in [6.45, 7) is 2.96. The van der Waals surface area contributed by atoms with Crippen LogP contribution >= 0.6 is 11.3 Å².